The van der Waals surface area contributed by atoms with E-state index in [-0.39, 0.29) is 18.7 Å². The number of imide groups is 1. The topological polar surface area (TPSA) is 61.9 Å². The molecule has 1 aromatic carbocycles. The minimum atomic E-state index is -0.578. The molecule has 1 heterocycles. The lowest BCUT2D eigenvalue weighted by Crippen LogP contribution is -2.55. The number of thiol groups is 1. The number of para-hydroxylation sites is 1. The Labute approximate surface area is 136 Å². The molecular formula is C15H21N3O3S. The fourth-order valence-corrected chi connectivity index (χ4v) is 2.70. The molecule has 7 heteroatoms. The lowest BCUT2D eigenvalue weighted by molar-refractivity contribution is 0.0711. The van der Waals surface area contributed by atoms with Crippen molar-refractivity contribution in [1.82, 2.24) is 9.80 Å². The summed E-state index contributed by atoms with van der Waals surface area (Å²) in [6, 6.07) is 7.16. The largest absolute Gasteiger partial charge is 0.449 e. The summed E-state index contributed by atoms with van der Waals surface area (Å²) < 4.78 is 7.79. The van der Waals surface area contributed by atoms with Crippen molar-refractivity contribution < 1.29 is 14.3 Å². The molecule has 0 aromatic heterocycles. The Balaban J connectivity index is 2.15. The number of benzene rings is 1. The number of hydrogen-bond donors (Lipinski definition) is 2. The average molecular weight is 323 g/mol. The summed E-state index contributed by atoms with van der Waals surface area (Å²) in [4.78, 5) is 27.4. The molecule has 0 saturated carbocycles. The van der Waals surface area contributed by atoms with Gasteiger partial charge >= 0.3 is 12.1 Å². The summed E-state index contributed by atoms with van der Waals surface area (Å²) in [5.41, 5.74) is 1.80. The third-order valence-electron chi connectivity index (χ3n) is 3.70. The van der Waals surface area contributed by atoms with Gasteiger partial charge in [-0.25, -0.2) is 14.5 Å². The number of urea groups is 1. The van der Waals surface area contributed by atoms with E-state index in [9.17, 15) is 9.59 Å². The van der Waals surface area contributed by atoms with Gasteiger partial charge in [-0.15, -0.1) is 0 Å². The van der Waals surface area contributed by atoms with E-state index >= 15 is 0 Å². The van der Waals surface area contributed by atoms with Crippen LogP contribution in [0.4, 0.5) is 15.3 Å². The Bertz CT molecular complexity index is 553. The minimum Gasteiger partial charge on any atom is -0.449 e. The number of anilines is 1. The van der Waals surface area contributed by atoms with Gasteiger partial charge in [0.1, 0.15) is 0 Å². The lowest BCUT2D eigenvalue weighted by Gasteiger charge is -2.38. The van der Waals surface area contributed by atoms with E-state index in [0.29, 0.717) is 13.1 Å². The van der Waals surface area contributed by atoms with Crippen LogP contribution in [0.15, 0.2) is 24.3 Å². The van der Waals surface area contributed by atoms with Crippen molar-refractivity contribution in [2.45, 2.75) is 32.9 Å². The predicted octanol–water partition coefficient (Wildman–Crippen LogP) is 3.12. The smallest absolute Gasteiger partial charge is 0.418 e. The van der Waals surface area contributed by atoms with Crippen molar-refractivity contribution in [2.24, 2.45) is 0 Å². The molecule has 1 aliphatic rings. The molecule has 2 rings (SSSR count). The maximum Gasteiger partial charge on any atom is 0.418 e. The highest BCUT2D eigenvalue weighted by Crippen LogP contribution is 2.23. The van der Waals surface area contributed by atoms with Gasteiger partial charge in [-0.2, -0.15) is 0 Å². The van der Waals surface area contributed by atoms with Crippen molar-refractivity contribution >= 4 is 30.6 Å². The third-order valence-corrected chi connectivity index (χ3v) is 3.94. The highest BCUT2D eigenvalue weighted by atomic mass is 32.1. The Hall–Kier alpha value is -1.89. The van der Waals surface area contributed by atoms with Gasteiger partial charge < -0.3 is 14.4 Å². The Kier molecular flexibility index (Phi) is 5.54. The van der Waals surface area contributed by atoms with Gasteiger partial charge in [0.05, 0.1) is 6.61 Å². The number of carbonyl (C=O) groups excluding carboxylic acids is 2. The fourth-order valence-electron chi connectivity index (χ4n) is 2.48. The molecule has 1 aromatic rings. The zero-order chi connectivity index (χ0) is 16.1. The summed E-state index contributed by atoms with van der Waals surface area (Å²) in [7, 11) is 0. The normalized spacial score (nSPS) is 18.3. The van der Waals surface area contributed by atoms with E-state index in [1.54, 1.807) is 11.8 Å². The van der Waals surface area contributed by atoms with Crippen LogP contribution in [-0.2, 0) is 11.3 Å². The van der Waals surface area contributed by atoms with E-state index in [0.717, 1.165) is 17.7 Å². The molecule has 120 valence electrons. The molecule has 0 bridgehead atoms. The average Bonchev–Trinajstić information content (AvgIpc) is 2.51. The first-order chi connectivity index (χ1) is 10.6. The first-order valence-corrected chi connectivity index (χ1v) is 7.76. The Morgan fingerprint density at radius 3 is 2.86 bits per heavy atom. The first kappa shape index (κ1) is 16.5. The Morgan fingerprint density at radius 1 is 1.45 bits per heavy atom. The fraction of sp³-hybridized carbons (Fsp3) is 0.467. The van der Waals surface area contributed by atoms with E-state index in [2.05, 4.69) is 17.5 Å². The summed E-state index contributed by atoms with van der Waals surface area (Å²) in [5, 5.41) is 0. The SMILES string of the molecule is CCOC(=O)N1C(=O)N(Cc2ccccc2NS)CCC1C. The molecule has 1 fully saturated rings. The van der Waals surface area contributed by atoms with Crippen LogP contribution < -0.4 is 4.72 Å². The van der Waals surface area contributed by atoms with Crippen LogP contribution in [0.25, 0.3) is 0 Å². The van der Waals surface area contributed by atoms with Gasteiger partial charge in [0.2, 0.25) is 0 Å². The second kappa shape index (κ2) is 7.40. The van der Waals surface area contributed by atoms with Crippen molar-refractivity contribution in [3.8, 4) is 0 Å². The molecule has 1 saturated heterocycles. The molecule has 1 unspecified atom stereocenters. The molecule has 1 aliphatic heterocycles. The molecule has 6 nitrogen and oxygen atoms in total. The molecule has 0 spiro atoms. The standard InChI is InChI=1S/C15H21N3O3S/c1-3-21-15(20)18-11(2)8-9-17(14(18)19)10-12-6-4-5-7-13(12)16-22/h4-7,11,16,22H,3,8-10H2,1-2H3. The van der Waals surface area contributed by atoms with E-state index < -0.39 is 6.09 Å². The van der Waals surface area contributed by atoms with Gasteiger partial charge in [-0.05, 0) is 31.9 Å². The number of rotatable bonds is 4. The second-order valence-electron chi connectivity index (χ2n) is 5.18. The molecule has 22 heavy (non-hydrogen) atoms. The Morgan fingerprint density at radius 2 is 2.18 bits per heavy atom. The van der Waals surface area contributed by atoms with Gasteiger partial charge in [-0.3, -0.25) is 0 Å². The maximum absolute atomic E-state index is 12.6. The molecule has 0 aliphatic carbocycles. The maximum atomic E-state index is 12.6. The predicted molar refractivity (Wildman–Crippen MR) is 87.8 cm³/mol. The van der Waals surface area contributed by atoms with Gasteiger partial charge in [-0.1, -0.05) is 31.0 Å². The van der Waals surface area contributed by atoms with Crippen molar-refractivity contribution in [3.05, 3.63) is 29.8 Å². The number of carbonyl (C=O) groups is 2. The van der Waals surface area contributed by atoms with Crippen LogP contribution >= 0.6 is 12.8 Å². The number of ether oxygens (including phenoxy) is 1. The van der Waals surface area contributed by atoms with Crippen LogP contribution in [0.2, 0.25) is 0 Å². The zero-order valence-electron chi connectivity index (χ0n) is 12.8. The quantitative estimate of drug-likeness (QED) is 0.836. The third kappa shape index (κ3) is 3.47. The van der Waals surface area contributed by atoms with Crippen LogP contribution in [0, 0.1) is 0 Å². The van der Waals surface area contributed by atoms with Gasteiger partial charge in [0.25, 0.3) is 0 Å². The van der Waals surface area contributed by atoms with Crippen LogP contribution in [-0.4, -0.2) is 41.1 Å². The second-order valence-corrected chi connectivity index (χ2v) is 5.40. The van der Waals surface area contributed by atoms with Crippen LogP contribution in [0.5, 0.6) is 0 Å². The van der Waals surface area contributed by atoms with E-state index in [1.807, 2.05) is 31.2 Å². The van der Waals surface area contributed by atoms with Gasteiger partial charge in [0.15, 0.2) is 0 Å². The number of nitrogens with one attached hydrogen (secondary N) is 1. The van der Waals surface area contributed by atoms with Crippen LogP contribution in [0.1, 0.15) is 25.8 Å². The number of hydrogen-bond acceptors (Lipinski definition) is 5. The highest BCUT2D eigenvalue weighted by Gasteiger charge is 2.36. The summed E-state index contributed by atoms with van der Waals surface area (Å²) in [6.45, 7) is 4.86. The summed E-state index contributed by atoms with van der Waals surface area (Å²) in [5.74, 6) is 0. The van der Waals surface area contributed by atoms with Crippen molar-refractivity contribution in [3.63, 3.8) is 0 Å². The monoisotopic (exact) mass is 323 g/mol. The van der Waals surface area contributed by atoms with Crippen molar-refractivity contribution in [1.29, 1.82) is 0 Å². The number of amides is 3. The summed E-state index contributed by atoms with van der Waals surface area (Å²) in [6.07, 6.45) is 0.145. The summed E-state index contributed by atoms with van der Waals surface area (Å²) >= 11 is 4.07. The molecule has 1 atom stereocenters. The minimum absolute atomic E-state index is 0.152. The van der Waals surface area contributed by atoms with Crippen molar-refractivity contribution in [2.75, 3.05) is 17.9 Å². The van der Waals surface area contributed by atoms with Gasteiger partial charge in [0, 0.05) is 24.8 Å². The highest BCUT2D eigenvalue weighted by molar-refractivity contribution is 7.81. The number of nitrogens with zero attached hydrogens (tertiary/aromatic N) is 2. The van der Waals surface area contributed by atoms with E-state index in [4.69, 9.17) is 4.74 Å². The lowest BCUT2D eigenvalue weighted by atomic mass is 10.1. The van der Waals surface area contributed by atoms with Crippen LogP contribution in [0.3, 0.4) is 0 Å². The molecule has 1 N–H and O–H groups in total. The van der Waals surface area contributed by atoms with E-state index in [1.165, 1.54) is 4.90 Å². The molecular weight excluding hydrogens is 302 g/mol. The zero-order valence-corrected chi connectivity index (χ0v) is 13.7. The first-order valence-electron chi connectivity index (χ1n) is 7.31. The molecule has 3 amide bonds. The molecule has 0 radical (unpaired) electrons.